The van der Waals surface area contributed by atoms with E-state index in [0.717, 1.165) is 25.9 Å². The molecule has 1 amide bonds. The highest BCUT2D eigenvalue weighted by atomic mass is 16.5. The first-order valence-corrected chi connectivity index (χ1v) is 5.46. The Kier molecular flexibility index (Phi) is 3.40. The van der Waals surface area contributed by atoms with Crippen molar-refractivity contribution in [1.29, 1.82) is 0 Å². The second kappa shape index (κ2) is 4.98. The third-order valence-corrected chi connectivity index (χ3v) is 2.66. The number of amides is 1. The van der Waals surface area contributed by atoms with Gasteiger partial charge in [-0.2, -0.15) is 5.10 Å². The Balaban J connectivity index is 1.81. The first-order chi connectivity index (χ1) is 7.77. The molecule has 1 saturated heterocycles. The van der Waals surface area contributed by atoms with E-state index in [4.69, 9.17) is 10.5 Å². The zero-order valence-electron chi connectivity index (χ0n) is 9.03. The van der Waals surface area contributed by atoms with Crippen molar-refractivity contribution in [3.8, 4) is 0 Å². The van der Waals surface area contributed by atoms with Crippen LogP contribution in [0.15, 0.2) is 6.20 Å². The SMILES string of the molecule is Nc1cn[nH]c1C(=O)NCC1CCCCO1. The molecule has 1 aliphatic rings. The minimum absolute atomic E-state index is 0.127. The van der Waals surface area contributed by atoms with Crippen LogP contribution in [0.2, 0.25) is 0 Å². The number of nitrogens with two attached hydrogens (primary N) is 1. The van der Waals surface area contributed by atoms with E-state index >= 15 is 0 Å². The maximum Gasteiger partial charge on any atom is 0.271 e. The maximum absolute atomic E-state index is 11.7. The quantitative estimate of drug-likeness (QED) is 0.688. The number of rotatable bonds is 3. The van der Waals surface area contributed by atoms with Gasteiger partial charge in [0.2, 0.25) is 0 Å². The second-order valence-electron chi connectivity index (χ2n) is 3.90. The first-order valence-electron chi connectivity index (χ1n) is 5.46. The summed E-state index contributed by atoms with van der Waals surface area (Å²) < 4.78 is 5.50. The molecule has 0 bridgehead atoms. The number of carbonyl (C=O) groups is 1. The maximum atomic E-state index is 11.7. The van der Waals surface area contributed by atoms with E-state index in [1.165, 1.54) is 6.20 Å². The summed E-state index contributed by atoms with van der Waals surface area (Å²) in [4.78, 5) is 11.7. The predicted octanol–water partition coefficient (Wildman–Crippen LogP) is 0.291. The molecule has 0 aliphatic carbocycles. The Morgan fingerprint density at radius 3 is 3.19 bits per heavy atom. The number of hydrogen-bond donors (Lipinski definition) is 3. The van der Waals surface area contributed by atoms with Crippen molar-refractivity contribution >= 4 is 11.6 Å². The lowest BCUT2D eigenvalue weighted by Gasteiger charge is -2.22. The summed E-state index contributed by atoms with van der Waals surface area (Å²) in [5.41, 5.74) is 6.24. The molecule has 1 atom stereocenters. The molecule has 1 aromatic rings. The Morgan fingerprint density at radius 2 is 2.56 bits per heavy atom. The van der Waals surface area contributed by atoms with Crippen LogP contribution in [-0.4, -0.2) is 35.4 Å². The summed E-state index contributed by atoms with van der Waals surface area (Å²) in [7, 11) is 0. The van der Waals surface area contributed by atoms with Crippen molar-refractivity contribution in [2.45, 2.75) is 25.4 Å². The Labute approximate surface area is 93.5 Å². The van der Waals surface area contributed by atoms with Crippen LogP contribution in [0.3, 0.4) is 0 Å². The first kappa shape index (κ1) is 10.9. The fraction of sp³-hybridized carbons (Fsp3) is 0.600. The number of nitrogen functional groups attached to an aromatic ring is 1. The van der Waals surface area contributed by atoms with E-state index < -0.39 is 0 Å². The normalized spacial score (nSPS) is 20.6. The number of hydrogen-bond acceptors (Lipinski definition) is 4. The van der Waals surface area contributed by atoms with E-state index in [-0.39, 0.29) is 12.0 Å². The molecule has 1 unspecified atom stereocenters. The molecule has 0 aromatic carbocycles. The van der Waals surface area contributed by atoms with Crippen molar-refractivity contribution in [1.82, 2.24) is 15.5 Å². The number of nitrogens with zero attached hydrogens (tertiary/aromatic N) is 1. The molecule has 0 spiro atoms. The Morgan fingerprint density at radius 1 is 1.69 bits per heavy atom. The molecule has 0 saturated carbocycles. The van der Waals surface area contributed by atoms with Gasteiger partial charge in [-0.25, -0.2) is 0 Å². The predicted molar refractivity (Wildman–Crippen MR) is 58.9 cm³/mol. The van der Waals surface area contributed by atoms with Gasteiger partial charge in [0.05, 0.1) is 18.0 Å². The van der Waals surface area contributed by atoms with Crippen LogP contribution in [0.25, 0.3) is 0 Å². The van der Waals surface area contributed by atoms with E-state index in [9.17, 15) is 4.79 Å². The van der Waals surface area contributed by atoms with Gasteiger partial charge in [0.25, 0.3) is 5.91 Å². The lowest BCUT2D eigenvalue weighted by Crippen LogP contribution is -2.35. The summed E-state index contributed by atoms with van der Waals surface area (Å²) in [6.07, 6.45) is 4.82. The molecule has 6 heteroatoms. The molecular weight excluding hydrogens is 208 g/mol. The molecule has 2 rings (SSSR count). The van der Waals surface area contributed by atoms with Crippen LogP contribution < -0.4 is 11.1 Å². The molecule has 2 heterocycles. The van der Waals surface area contributed by atoms with Gasteiger partial charge in [-0.1, -0.05) is 0 Å². The van der Waals surface area contributed by atoms with Crippen LogP contribution in [-0.2, 0) is 4.74 Å². The topological polar surface area (TPSA) is 93.0 Å². The van der Waals surface area contributed by atoms with Gasteiger partial charge >= 0.3 is 0 Å². The van der Waals surface area contributed by atoms with Crippen LogP contribution in [0.1, 0.15) is 29.8 Å². The zero-order valence-corrected chi connectivity index (χ0v) is 9.03. The van der Waals surface area contributed by atoms with Crippen molar-refractivity contribution in [3.63, 3.8) is 0 Å². The number of ether oxygens (including phenoxy) is 1. The Bertz CT molecular complexity index is 357. The van der Waals surface area contributed by atoms with Crippen molar-refractivity contribution in [3.05, 3.63) is 11.9 Å². The summed E-state index contributed by atoms with van der Waals surface area (Å²) in [5.74, 6) is -0.232. The highest BCUT2D eigenvalue weighted by Crippen LogP contribution is 2.12. The summed E-state index contributed by atoms with van der Waals surface area (Å²) in [5, 5.41) is 9.04. The van der Waals surface area contributed by atoms with Gasteiger partial charge in [0.1, 0.15) is 5.69 Å². The highest BCUT2D eigenvalue weighted by Gasteiger charge is 2.16. The molecule has 16 heavy (non-hydrogen) atoms. The van der Waals surface area contributed by atoms with Crippen molar-refractivity contribution in [2.75, 3.05) is 18.9 Å². The Hall–Kier alpha value is -1.56. The van der Waals surface area contributed by atoms with E-state index in [0.29, 0.717) is 17.9 Å². The molecule has 6 nitrogen and oxygen atoms in total. The van der Waals surface area contributed by atoms with Crippen LogP contribution in [0.5, 0.6) is 0 Å². The number of aromatic nitrogens is 2. The molecule has 88 valence electrons. The van der Waals surface area contributed by atoms with Gasteiger partial charge in [0, 0.05) is 13.2 Å². The van der Waals surface area contributed by atoms with Crippen LogP contribution in [0, 0.1) is 0 Å². The number of carbonyl (C=O) groups excluding carboxylic acids is 1. The molecule has 1 fully saturated rings. The summed E-state index contributed by atoms with van der Waals surface area (Å²) in [6, 6.07) is 0. The summed E-state index contributed by atoms with van der Waals surface area (Å²) in [6.45, 7) is 1.31. The molecule has 0 radical (unpaired) electrons. The van der Waals surface area contributed by atoms with Gasteiger partial charge in [-0.3, -0.25) is 9.89 Å². The average molecular weight is 224 g/mol. The third kappa shape index (κ3) is 2.52. The molecule has 1 aliphatic heterocycles. The lowest BCUT2D eigenvalue weighted by molar-refractivity contribution is 0.0168. The number of H-pyrrole nitrogens is 1. The zero-order chi connectivity index (χ0) is 11.4. The minimum atomic E-state index is -0.232. The standard InChI is InChI=1S/C10H16N4O2/c11-8-6-13-14-9(8)10(15)12-5-7-3-1-2-4-16-7/h6-7H,1-5,11H2,(H,12,15)(H,13,14). The monoisotopic (exact) mass is 224 g/mol. The largest absolute Gasteiger partial charge is 0.396 e. The van der Waals surface area contributed by atoms with E-state index in [1.54, 1.807) is 0 Å². The smallest absolute Gasteiger partial charge is 0.271 e. The lowest BCUT2D eigenvalue weighted by atomic mass is 10.1. The fourth-order valence-electron chi connectivity index (χ4n) is 1.74. The molecule has 1 aromatic heterocycles. The van der Waals surface area contributed by atoms with Gasteiger partial charge < -0.3 is 15.8 Å². The van der Waals surface area contributed by atoms with Crippen molar-refractivity contribution < 1.29 is 9.53 Å². The van der Waals surface area contributed by atoms with E-state index in [2.05, 4.69) is 15.5 Å². The van der Waals surface area contributed by atoms with Gasteiger partial charge in [-0.15, -0.1) is 0 Å². The van der Waals surface area contributed by atoms with Crippen LogP contribution >= 0.6 is 0 Å². The number of anilines is 1. The number of nitrogens with one attached hydrogen (secondary N) is 2. The van der Waals surface area contributed by atoms with Crippen molar-refractivity contribution in [2.24, 2.45) is 0 Å². The molecular formula is C10H16N4O2. The summed E-state index contributed by atoms with van der Waals surface area (Å²) >= 11 is 0. The third-order valence-electron chi connectivity index (χ3n) is 2.66. The van der Waals surface area contributed by atoms with Gasteiger partial charge in [0.15, 0.2) is 0 Å². The highest BCUT2D eigenvalue weighted by molar-refractivity contribution is 5.96. The fourth-order valence-corrected chi connectivity index (χ4v) is 1.74. The van der Waals surface area contributed by atoms with E-state index in [1.807, 2.05) is 0 Å². The average Bonchev–Trinajstić information content (AvgIpc) is 2.74. The second-order valence-corrected chi connectivity index (χ2v) is 3.90. The van der Waals surface area contributed by atoms with Gasteiger partial charge in [-0.05, 0) is 19.3 Å². The minimum Gasteiger partial charge on any atom is -0.396 e. The number of aromatic amines is 1. The van der Waals surface area contributed by atoms with Crippen LogP contribution in [0.4, 0.5) is 5.69 Å². The molecule has 4 N–H and O–H groups in total.